The fourth-order valence-electron chi connectivity index (χ4n) is 3.46. The van der Waals surface area contributed by atoms with Crippen molar-refractivity contribution >= 4 is 17.4 Å². The van der Waals surface area contributed by atoms with Gasteiger partial charge in [0.2, 0.25) is 5.91 Å². The number of hydrogen-bond donors (Lipinski definition) is 1. The van der Waals surface area contributed by atoms with Gasteiger partial charge >= 0.3 is 0 Å². The highest BCUT2D eigenvalue weighted by Gasteiger charge is 2.30. The Bertz CT molecular complexity index is 1060. The maximum Gasteiger partial charge on any atom is 0.230 e. The monoisotopic (exact) mass is 491 g/mol. The molecule has 0 aromatic heterocycles. The maximum atomic E-state index is 13.2. The van der Waals surface area contributed by atoms with Crippen LogP contribution < -0.4 is 10.1 Å². The first kappa shape index (κ1) is 27.1. The number of methoxy groups -OCH3 is 1. The molecule has 3 rings (SSSR count). The Morgan fingerprint density at radius 1 is 0.806 bits per heavy atom. The van der Waals surface area contributed by atoms with Gasteiger partial charge in [-0.25, -0.2) is 0 Å². The summed E-state index contributed by atoms with van der Waals surface area (Å²) in [5.74, 6) is -0.362. The van der Waals surface area contributed by atoms with E-state index in [-0.39, 0.29) is 24.9 Å². The van der Waals surface area contributed by atoms with Crippen LogP contribution in [0.2, 0.25) is 0 Å². The van der Waals surface area contributed by atoms with Crippen LogP contribution in [0, 0.1) is 11.8 Å². The molecule has 0 saturated heterocycles. The number of amides is 1. The highest BCUT2D eigenvalue weighted by atomic mass is 16.5. The molecule has 0 saturated carbocycles. The van der Waals surface area contributed by atoms with E-state index in [1.54, 1.807) is 38.3 Å². The molecule has 36 heavy (non-hydrogen) atoms. The molecule has 0 fully saturated rings. The average molecular weight is 492 g/mol. The number of Topliss-reactive ketones (excluding diaryl/α,β-unsaturated/α-hetero) is 1. The number of hydrogen-bond acceptors (Lipinski definition) is 6. The predicted octanol–water partition coefficient (Wildman–Crippen LogP) is 5.12. The second-order valence-corrected chi connectivity index (χ2v) is 8.34. The molecule has 3 aromatic carbocycles. The second kappa shape index (κ2) is 14.8. The molecule has 0 aliphatic carbocycles. The van der Waals surface area contributed by atoms with Crippen molar-refractivity contribution in [2.24, 2.45) is 11.8 Å². The van der Waals surface area contributed by atoms with Crippen molar-refractivity contribution in [1.29, 1.82) is 0 Å². The lowest BCUT2D eigenvalue weighted by Gasteiger charge is -2.22. The first-order chi connectivity index (χ1) is 17.6. The van der Waals surface area contributed by atoms with E-state index in [9.17, 15) is 9.59 Å². The Kier molecular flexibility index (Phi) is 11.1. The van der Waals surface area contributed by atoms with Gasteiger partial charge in [0.1, 0.15) is 18.1 Å². The van der Waals surface area contributed by atoms with Crippen LogP contribution >= 0.6 is 0 Å². The molecule has 190 valence electrons. The summed E-state index contributed by atoms with van der Waals surface area (Å²) in [6, 6.07) is 26.2. The molecule has 0 aliphatic heterocycles. The van der Waals surface area contributed by atoms with E-state index in [4.69, 9.17) is 18.9 Å². The molecule has 2 atom stereocenters. The van der Waals surface area contributed by atoms with E-state index < -0.39 is 11.8 Å². The first-order valence-electron chi connectivity index (χ1n) is 11.9. The third kappa shape index (κ3) is 8.92. The zero-order chi connectivity index (χ0) is 25.6. The molecule has 2 unspecified atom stereocenters. The van der Waals surface area contributed by atoms with Crippen molar-refractivity contribution in [1.82, 2.24) is 0 Å². The van der Waals surface area contributed by atoms with Crippen LogP contribution in [0.15, 0.2) is 84.9 Å². The Morgan fingerprint density at radius 2 is 1.44 bits per heavy atom. The van der Waals surface area contributed by atoms with Gasteiger partial charge in [-0.1, -0.05) is 55.5 Å². The standard InChI is InChI=1S/C29H33NO6/c1-22(28(31)21-34-18-17-33-2)27(20-35-19-23-9-5-3-6-10-23)29(32)30-24-13-15-26(16-14-24)36-25-11-7-4-8-12-25/h3-16,22,27H,17-21H2,1-2H3,(H,30,32). The molecule has 3 aromatic rings. The number of carbonyl (C=O) groups excluding carboxylic acids is 2. The molecule has 0 bridgehead atoms. The summed E-state index contributed by atoms with van der Waals surface area (Å²) in [4.78, 5) is 26.0. The highest BCUT2D eigenvalue weighted by Crippen LogP contribution is 2.24. The number of para-hydroxylation sites is 1. The van der Waals surface area contributed by atoms with E-state index in [1.807, 2.05) is 60.7 Å². The minimum Gasteiger partial charge on any atom is -0.457 e. The van der Waals surface area contributed by atoms with E-state index >= 15 is 0 Å². The smallest absolute Gasteiger partial charge is 0.230 e. The van der Waals surface area contributed by atoms with E-state index in [1.165, 1.54) is 0 Å². The first-order valence-corrected chi connectivity index (χ1v) is 11.9. The molecule has 0 spiro atoms. The Hall–Kier alpha value is -3.52. The zero-order valence-electron chi connectivity index (χ0n) is 20.7. The summed E-state index contributed by atoms with van der Waals surface area (Å²) in [5, 5.41) is 2.91. The number of rotatable bonds is 15. The SMILES string of the molecule is COCCOCC(=O)C(C)C(COCc1ccccc1)C(=O)Nc1ccc(Oc2ccccc2)cc1. The van der Waals surface area contributed by atoms with Crippen molar-refractivity contribution in [3.05, 3.63) is 90.5 Å². The van der Waals surface area contributed by atoms with Crippen molar-refractivity contribution in [2.45, 2.75) is 13.5 Å². The fourth-order valence-corrected chi connectivity index (χ4v) is 3.46. The molecule has 1 N–H and O–H groups in total. The summed E-state index contributed by atoms with van der Waals surface area (Å²) in [6.45, 7) is 2.80. The van der Waals surface area contributed by atoms with Gasteiger partial charge in [0.25, 0.3) is 0 Å². The molecule has 0 radical (unpaired) electrons. The topological polar surface area (TPSA) is 83.1 Å². The van der Waals surface area contributed by atoms with Crippen molar-refractivity contribution < 1.29 is 28.5 Å². The van der Waals surface area contributed by atoms with Gasteiger partial charge in [-0.05, 0) is 42.0 Å². The normalized spacial score (nSPS) is 12.5. The number of carbonyl (C=O) groups is 2. The minimum atomic E-state index is -0.688. The average Bonchev–Trinajstić information content (AvgIpc) is 2.91. The van der Waals surface area contributed by atoms with Crippen LogP contribution in [-0.2, 0) is 30.4 Å². The van der Waals surface area contributed by atoms with Gasteiger partial charge < -0.3 is 24.3 Å². The lowest BCUT2D eigenvalue weighted by Crippen LogP contribution is -2.37. The molecule has 0 aliphatic rings. The van der Waals surface area contributed by atoms with E-state index in [2.05, 4.69) is 5.32 Å². The molecule has 7 nitrogen and oxygen atoms in total. The van der Waals surface area contributed by atoms with Crippen molar-refractivity contribution in [3.63, 3.8) is 0 Å². The fraction of sp³-hybridized carbons (Fsp3) is 0.310. The molecular formula is C29H33NO6. The maximum absolute atomic E-state index is 13.2. The summed E-state index contributed by atoms with van der Waals surface area (Å²) in [6.07, 6.45) is 0. The molecule has 0 heterocycles. The lowest BCUT2D eigenvalue weighted by molar-refractivity contribution is -0.135. The third-order valence-corrected chi connectivity index (χ3v) is 5.63. The molecular weight excluding hydrogens is 458 g/mol. The summed E-state index contributed by atoms with van der Waals surface area (Å²) >= 11 is 0. The van der Waals surface area contributed by atoms with Gasteiger partial charge in [0.05, 0.1) is 32.3 Å². The van der Waals surface area contributed by atoms with E-state index in [0.29, 0.717) is 31.3 Å². The number of benzene rings is 3. The summed E-state index contributed by atoms with van der Waals surface area (Å²) in [5.41, 5.74) is 1.59. The largest absolute Gasteiger partial charge is 0.457 e. The Labute approximate surface area is 212 Å². The predicted molar refractivity (Wildman–Crippen MR) is 138 cm³/mol. The summed E-state index contributed by atoms with van der Waals surface area (Å²) < 4.78 is 22.0. The number of ketones is 1. The molecule has 7 heteroatoms. The van der Waals surface area contributed by atoms with E-state index in [0.717, 1.165) is 11.3 Å². The van der Waals surface area contributed by atoms with Crippen LogP contribution in [0.1, 0.15) is 12.5 Å². The van der Waals surface area contributed by atoms with Crippen LogP contribution in [0.25, 0.3) is 0 Å². The number of anilines is 1. The number of ether oxygens (including phenoxy) is 4. The van der Waals surface area contributed by atoms with Crippen molar-refractivity contribution in [3.8, 4) is 11.5 Å². The van der Waals surface area contributed by atoms with Crippen LogP contribution in [-0.4, -0.2) is 45.2 Å². The summed E-state index contributed by atoms with van der Waals surface area (Å²) in [7, 11) is 1.57. The number of nitrogens with one attached hydrogen (secondary N) is 1. The van der Waals surface area contributed by atoms with Crippen LogP contribution in [0.4, 0.5) is 5.69 Å². The van der Waals surface area contributed by atoms with Gasteiger partial charge in [-0.3, -0.25) is 9.59 Å². The van der Waals surface area contributed by atoms with Crippen LogP contribution in [0.5, 0.6) is 11.5 Å². The molecule has 1 amide bonds. The van der Waals surface area contributed by atoms with Crippen LogP contribution in [0.3, 0.4) is 0 Å². The van der Waals surface area contributed by atoms with Gasteiger partial charge in [-0.15, -0.1) is 0 Å². The van der Waals surface area contributed by atoms with Gasteiger partial charge in [0, 0.05) is 18.7 Å². The minimum absolute atomic E-state index is 0.0848. The quantitative estimate of drug-likeness (QED) is 0.297. The Balaban J connectivity index is 1.62. The van der Waals surface area contributed by atoms with Crippen molar-refractivity contribution in [2.75, 3.05) is 38.9 Å². The Morgan fingerprint density at radius 3 is 2.11 bits per heavy atom. The second-order valence-electron chi connectivity index (χ2n) is 8.34. The van der Waals surface area contributed by atoms with Gasteiger partial charge in [-0.2, -0.15) is 0 Å². The highest BCUT2D eigenvalue weighted by molar-refractivity contribution is 5.96. The lowest BCUT2D eigenvalue weighted by atomic mass is 9.90. The third-order valence-electron chi connectivity index (χ3n) is 5.63. The van der Waals surface area contributed by atoms with Gasteiger partial charge in [0.15, 0.2) is 5.78 Å². The zero-order valence-corrected chi connectivity index (χ0v) is 20.7.